The molecule has 0 radical (unpaired) electrons. The molecule has 0 aliphatic heterocycles. The summed E-state index contributed by atoms with van der Waals surface area (Å²) in [5.41, 5.74) is 0. The minimum absolute atomic E-state index is 0.740. The molecule has 0 aromatic rings. The molecule has 2 nitrogen and oxygen atoms in total. The zero-order valence-electron chi connectivity index (χ0n) is 11.8. The van der Waals surface area contributed by atoms with Gasteiger partial charge in [-0.3, -0.25) is 0 Å². The Kier molecular flexibility index (Phi) is 5.30. The number of rotatable bonds is 7. The van der Waals surface area contributed by atoms with Crippen LogP contribution >= 0.6 is 0 Å². The molecular weight excluding hydrogens is 208 g/mol. The standard InChI is InChI=1S/C15H30N2/c1-3-16-15(14-7-5-4-6-8-14)12-17(2)11-13-9-10-13/h13-16H,3-12H2,1-2H3. The van der Waals surface area contributed by atoms with Crippen LogP contribution in [0, 0.1) is 11.8 Å². The number of hydrogen-bond donors (Lipinski definition) is 1. The zero-order chi connectivity index (χ0) is 12.1. The van der Waals surface area contributed by atoms with Crippen molar-refractivity contribution in [2.24, 2.45) is 11.8 Å². The van der Waals surface area contributed by atoms with Crippen molar-refractivity contribution in [1.82, 2.24) is 10.2 Å². The SMILES string of the molecule is CCNC(CN(C)CC1CC1)C1CCCCC1. The van der Waals surface area contributed by atoms with E-state index in [1.807, 2.05) is 0 Å². The number of likely N-dealkylation sites (N-methyl/N-ethyl adjacent to an activating group) is 2. The Labute approximate surface area is 107 Å². The summed E-state index contributed by atoms with van der Waals surface area (Å²) < 4.78 is 0. The van der Waals surface area contributed by atoms with Gasteiger partial charge in [0.2, 0.25) is 0 Å². The van der Waals surface area contributed by atoms with Gasteiger partial charge in [-0.15, -0.1) is 0 Å². The molecule has 100 valence electrons. The summed E-state index contributed by atoms with van der Waals surface area (Å²) in [4.78, 5) is 2.57. The molecule has 1 N–H and O–H groups in total. The van der Waals surface area contributed by atoms with Gasteiger partial charge in [0, 0.05) is 19.1 Å². The minimum atomic E-state index is 0.740. The predicted octanol–water partition coefficient (Wildman–Crippen LogP) is 2.89. The summed E-state index contributed by atoms with van der Waals surface area (Å²) in [5.74, 6) is 1.96. The normalized spacial score (nSPS) is 24.2. The molecule has 1 unspecified atom stereocenters. The molecular formula is C15H30N2. The van der Waals surface area contributed by atoms with Crippen LogP contribution in [0.1, 0.15) is 51.9 Å². The van der Waals surface area contributed by atoms with Crippen molar-refractivity contribution in [3.63, 3.8) is 0 Å². The van der Waals surface area contributed by atoms with Gasteiger partial charge in [0.05, 0.1) is 0 Å². The Morgan fingerprint density at radius 1 is 1.12 bits per heavy atom. The lowest BCUT2D eigenvalue weighted by molar-refractivity contribution is 0.203. The van der Waals surface area contributed by atoms with E-state index in [1.54, 1.807) is 0 Å². The highest BCUT2D eigenvalue weighted by molar-refractivity contribution is 4.83. The smallest absolute Gasteiger partial charge is 0.0222 e. The highest BCUT2D eigenvalue weighted by atomic mass is 15.1. The van der Waals surface area contributed by atoms with E-state index in [0.717, 1.165) is 24.4 Å². The van der Waals surface area contributed by atoms with Crippen LogP contribution in [0.4, 0.5) is 0 Å². The predicted molar refractivity (Wildman–Crippen MR) is 74.3 cm³/mol. The third kappa shape index (κ3) is 4.59. The maximum absolute atomic E-state index is 3.74. The third-order valence-electron chi connectivity index (χ3n) is 4.46. The third-order valence-corrected chi connectivity index (χ3v) is 4.46. The van der Waals surface area contributed by atoms with Gasteiger partial charge in [0.1, 0.15) is 0 Å². The molecule has 2 fully saturated rings. The van der Waals surface area contributed by atoms with Gasteiger partial charge in [0.25, 0.3) is 0 Å². The summed E-state index contributed by atoms with van der Waals surface area (Å²) >= 11 is 0. The second-order valence-corrected chi connectivity index (χ2v) is 6.23. The Hall–Kier alpha value is -0.0800. The average molecular weight is 238 g/mol. The summed E-state index contributed by atoms with van der Waals surface area (Å²) in [6.07, 6.45) is 10.2. The summed E-state index contributed by atoms with van der Waals surface area (Å²) in [6.45, 7) is 5.96. The molecule has 1 atom stereocenters. The lowest BCUT2D eigenvalue weighted by Gasteiger charge is -2.33. The quantitative estimate of drug-likeness (QED) is 0.733. The Balaban J connectivity index is 1.77. The molecule has 0 aromatic heterocycles. The Morgan fingerprint density at radius 2 is 1.82 bits per heavy atom. The fraction of sp³-hybridized carbons (Fsp3) is 1.00. The van der Waals surface area contributed by atoms with E-state index in [9.17, 15) is 0 Å². The average Bonchev–Trinajstić information content (AvgIpc) is 3.13. The Bertz CT molecular complexity index is 207. The van der Waals surface area contributed by atoms with Crippen LogP contribution in [0.2, 0.25) is 0 Å². The van der Waals surface area contributed by atoms with Crippen molar-refractivity contribution in [2.45, 2.75) is 57.9 Å². The van der Waals surface area contributed by atoms with Gasteiger partial charge in [-0.1, -0.05) is 26.2 Å². The minimum Gasteiger partial charge on any atom is -0.313 e. The molecule has 0 aromatic carbocycles. The molecule has 2 rings (SSSR count). The molecule has 0 spiro atoms. The highest BCUT2D eigenvalue weighted by Crippen LogP contribution is 2.30. The van der Waals surface area contributed by atoms with Crippen molar-refractivity contribution < 1.29 is 0 Å². The van der Waals surface area contributed by atoms with Gasteiger partial charge in [-0.2, -0.15) is 0 Å². The second-order valence-electron chi connectivity index (χ2n) is 6.23. The van der Waals surface area contributed by atoms with Crippen molar-refractivity contribution in [3.8, 4) is 0 Å². The van der Waals surface area contributed by atoms with E-state index in [1.165, 1.54) is 58.0 Å². The fourth-order valence-corrected chi connectivity index (χ4v) is 3.33. The fourth-order valence-electron chi connectivity index (χ4n) is 3.33. The molecule has 17 heavy (non-hydrogen) atoms. The first-order valence-corrected chi connectivity index (χ1v) is 7.71. The summed E-state index contributed by atoms with van der Waals surface area (Å²) in [6, 6.07) is 0.740. The second kappa shape index (κ2) is 6.75. The van der Waals surface area contributed by atoms with E-state index in [4.69, 9.17) is 0 Å². The molecule has 2 aliphatic rings. The molecule has 2 saturated carbocycles. The molecule has 0 heterocycles. The first-order valence-electron chi connectivity index (χ1n) is 7.71. The number of nitrogens with one attached hydrogen (secondary N) is 1. The number of nitrogens with zero attached hydrogens (tertiary/aromatic N) is 1. The lowest BCUT2D eigenvalue weighted by atomic mass is 9.83. The van der Waals surface area contributed by atoms with E-state index >= 15 is 0 Å². The van der Waals surface area contributed by atoms with E-state index in [0.29, 0.717) is 0 Å². The van der Waals surface area contributed by atoms with E-state index < -0.39 is 0 Å². The van der Waals surface area contributed by atoms with Crippen molar-refractivity contribution in [2.75, 3.05) is 26.7 Å². The van der Waals surface area contributed by atoms with Gasteiger partial charge in [-0.25, -0.2) is 0 Å². The molecule has 0 saturated heterocycles. The summed E-state index contributed by atoms with van der Waals surface area (Å²) in [5, 5.41) is 3.74. The monoisotopic (exact) mass is 238 g/mol. The van der Waals surface area contributed by atoms with Crippen LogP contribution in [0.3, 0.4) is 0 Å². The molecule has 0 bridgehead atoms. The van der Waals surface area contributed by atoms with Crippen molar-refractivity contribution in [1.29, 1.82) is 0 Å². The first kappa shape index (κ1) is 13.4. The first-order chi connectivity index (χ1) is 8.29. The van der Waals surface area contributed by atoms with Crippen LogP contribution in [-0.2, 0) is 0 Å². The van der Waals surface area contributed by atoms with E-state index in [-0.39, 0.29) is 0 Å². The largest absolute Gasteiger partial charge is 0.313 e. The Morgan fingerprint density at radius 3 is 2.41 bits per heavy atom. The molecule has 2 heteroatoms. The van der Waals surface area contributed by atoms with Gasteiger partial charge in [-0.05, 0) is 51.1 Å². The maximum atomic E-state index is 3.74. The molecule has 0 amide bonds. The summed E-state index contributed by atoms with van der Waals surface area (Å²) in [7, 11) is 2.31. The van der Waals surface area contributed by atoms with Crippen LogP contribution < -0.4 is 5.32 Å². The topological polar surface area (TPSA) is 15.3 Å². The number of hydrogen-bond acceptors (Lipinski definition) is 2. The van der Waals surface area contributed by atoms with Crippen molar-refractivity contribution in [3.05, 3.63) is 0 Å². The van der Waals surface area contributed by atoms with Gasteiger partial charge >= 0.3 is 0 Å². The van der Waals surface area contributed by atoms with Gasteiger partial charge < -0.3 is 10.2 Å². The van der Waals surface area contributed by atoms with Crippen molar-refractivity contribution >= 4 is 0 Å². The van der Waals surface area contributed by atoms with Crippen LogP contribution in [0.25, 0.3) is 0 Å². The van der Waals surface area contributed by atoms with Crippen LogP contribution in [0.5, 0.6) is 0 Å². The van der Waals surface area contributed by atoms with Crippen LogP contribution in [-0.4, -0.2) is 37.6 Å². The maximum Gasteiger partial charge on any atom is 0.0222 e. The van der Waals surface area contributed by atoms with E-state index in [2.05, 4.69) is 24.2 Å². The highest BCUT2D eigenvalue weighted by Gasteiger charge is 2.27. The van der Waals surface area contributed by atoms with Gasteiger partial charge in [0.15, 0.2) is 0 Å². The lowest BCUT2D eigenvalue weighted by Crippen LogP contribution is -2.45. The molecule has 2 aliphatic carbocycles. The zero-order valence-corrected chi connectivity index (χ0v) is 11.8. The van der Waals surface area contributed by atoms with Crippen LogP contribution in [0.15, 0.2) is 0 Å².